The third kappa shape index (κ3) is 4.64. The molecule has 0 unspecified atom stereocenters. The van der Waals surface area contributed by atoms with Crippen molar-refractivity contribution in [2.24, 2.45) is 0 Å². The molecule has 1 amide bonds. The summed E-state index contributed by atoms with van der Waals surface area (Å²) < 4.78 is 5.19. The maximum absolute atomic E-state index is 11.4. The molecule has 0 radical (unpaired) electrons. The molecule has 0 bridgehead atoms. The summed E-state index contributed by atoms with van der Waals surface area (Å²) in [6, 6.07) is 7.44. The van der Waals surface area contributed by atoms with Gasteiger partial charge in [-0.1, -0.05) is 12.1 Å². The normalized spacial score (nSPS) is 10.5. The Labute approximate surface area is 101 Å². The number of amides is 1. The van der Waals surface area contributed by atoms with Crippen LogP contribution >= 0.6 is 11.6 Å². The van der Waals surface area contributed by atoms with Crippen LogP contribution in [0.3, 0.4) is 0 Å². The predicted molar refractivity (Wildman–Crippen MR) is 65.7 cm³/mol. The van der Waals surface area contributed by atoms with E-state index in [9.17, 15) is 4.79 Å². The van der Waals surface area contributed by atoms with E-state index in [1.54, 1.807) is 0 Å². The van der Waals surface area contributed by atoms with Gasteiger partial charge >= 0.3 is 0 Å². The molecule has 0 spiro atoms. The molecule has 0 saturated heterocycles. The number of halogens is 1. The quantitative estimate of drug-likeness (QED) is 0.805. The van der Waals surface area contributed by atoms with Crippen molar-refractivity contribution in [2.45, 2.75) is 25.8 Å². The van der Waals surface area contributed by atoms with Crippen LogP contribution in [0.2, 0.25) is 0 Å². The van der Waals surface area contributed by atoms with Gasteiger partial charge in [-0.3, -0.25) is 4.79 Å². The van der Waals surface area contributed by atoms with Gasteiger partial charge in [0.2, 0.25) is 5.91 Å². The van der Waals surface area contributed by atoms with Crippen molar-refractivity contribution in [3.05, 3.63) is 29.8 Å². The molecule has 0 aliphatic heterocycles. The molecular formula is C12H16ClNO2. The van der Waals surface area contributed by atoms with E-state index in [-0.39, 0.29) is 18.6 Å². The summed E-state index contributed by atoms with van der Waals surface area (Å²) in [7, 11) is 0. The van der Waals surface area contributed by atoms with Crippen LogP contribution in [-0.2, 0) is 15.4 Å². The number of ether oxygens (including phenoxy) is 1. The molecule has 0 aliphatic carbocycles. The van der Waals surface area contributed by atoms with Crippen LogP contribution in [0.15, 0.2) is 24.3 Å². The minimum absolute atomic E-state index is 0.0555. The van der Waals surface area contributed by atoms with Gasteiger partial charge in [-0.15, -0.1) is 11.6 Å². The number of rotatable bonds is 5. The standard InChI is InChI=1S/C12H16ClNO2/c1-9(2)16-8-12(15)14-11-5-3-4-10(6-11)7-13/h3-6,9H,7-8H2,1-2H3,(H,14,15). The second-order valence-corrected chi connectivity index (χ2v) is 4.01. The first kappa shape index (κ1) is 13.0. The number of hydrogen-bond acceptors (Lipinski definition) is 2. The predicted octanol–water partition coefficient (Wildman–Crippen LogP) is 2.79. The third-order valence-electron chi connectivity index (χ3n) is 1.91. The van der Waals surface area contributed by atoms with Crippen LogP contribution in [0, 0.1) is 0 Å². The third-order valence-corrected chi connectivity index (χ3v) is 2.22. The maximum atomic E-state index is 11.4. The van der Waals surface area contributed by atoms with Crippen molar-refractivity contribution in [2.75, 3.05) is 11.9 Å². The van der Waals surface area contributed by atoms with Crippen LogP contribution in [0.4, 0.5) is 5.69 Å². The van der Waals surface area contributed by atoms with Crippen molar-refractivity contribution in [3.8, 4) is 0 Å². The summed E-state index contributed by atoms with van der Waals surface area (Å²) in [5.74, 6) is 0.284. The lowest BCUT2D eigenvalue weighted by Gasteiger charge is -2.08. The highest BCUT2D eigenvalue weighted by Crippen LogP contribution is 2.12. The Morgan fingerprint density at radius 3 is 2.88 bits per heavy atom. The second-order valence-electron chi connectivity index (χ2n) is 3.74. The smallest absolute Gasteiger partial charge is 0.250 e. The van der Waals surface area contributed by atoms with Crippen LogP contribution in [0.25, 0.3) is 0 Å². The van der Waals surface area contributed by atoms with E-state index in [1.165, 1.54) is 0 Å². The highest BCUT2D eigenvalue weighted by atomic mass is 35.5. The fourth-order valence-electron chi connectivity index (χ4n) is 1.17. The van der Waals surface area contributed by atoms with Crippen LogP contribution in [-0.4, -0.2) is 18.6 Å². The summed E-state index contributed by atoms with van der Waals surface area (Å²) in [5, 5.41) is 2.75. The second kappa shape index (κ2) is 6.51. The first-order valence-corrected chi connectivity index (χ1v) is 5.71. The first-order valence-electron chi connectivity index (χ1n) is 5.18. The van der Waals surface area contributed by atoms with E-state index in [0.29, 0.717) is 5.88 Å². The van der Waals surface area contributed by atoms with Gasteiger partial charge in [-0.2, -0.15) is 0 Å². The topological polar surface area (TPSA) is 38.3 Å². The lowest BCUT2D eigenvalue weighted by molar-refractivity contribution is -0.121. The summed E-state index contributed by atoms with van der Waals surface area (Å²) in [4.78, 5) is 11.4. The minimum Gasteiger partial charge on any atom is -0.369 e. The Hall–Kier alpha value is -1.06. The fraction of sp³-hybridized carbons (Fsp3) is 0.417. The van der Waals surface area contributed by atoms with Gasteiger partial charge in [0.1, 0.15) is 6.61 Å². The van der Waals surface area contributed by atoms with Crippen molar-refractivity contribution in [1.82, 2.24) is 0 Å². The Morgan fingerprint density at radius 2 is 2.25 bits per heavy atom. The maximum Gasteiger partial charge on any atom is 0.250 e. The molecule has 4 heteroatoms. The van der Waals surface area contributed by atoms with Crippen LogP contribution in [0.1, 0.15) is 19.4 Å². The van der Waals surface area contributed by atoms with Gasteiger partial charge < -0.3 is 10.1 Å². The summed E-state index contributed by atoms with van der Waals surface area (Å²) in [5.41, 5.74) is 1.72. The molecule has 0 atom stereocenters. The highest BCUT2D eigenvalue weighted by molar-refractivity contribution is 6.17. The first-order chi connectivity index (χ1) is 7.61. The van der Waals surface area contributed by atoms with E-state index in [1.807, 2.05) is 38.1 Å². The molecule has 16 heavy (non-hydrogen) atoms. The zero-order valence-electron chi connectivity index (χ0n) is 9.50. The average molecular weight is 242 g/mol. The number of anilines is 1. The van der Waals surface area contributed by atoms with Crippen LogP contribution in [0.5, 0.6) is 0 Å². The molecular weight excluding hydrogens is 226 g/mol. The minimum atomic E-state index is -0.152. The largest absolute Gasteiger partial charge is 0.369 e. The fourth-order valence-corrected chi connectivity index (χ4v) is 1.34. The number of nitrogens with one attached hydrogen (secondary N) is 1. The van der Waals surface area contributed by atoms with Crippen molar-refractivity contribution < 1.29 is 9.53 Å². The van der Waals surface area contributed by atoms with Crippen LogP contribution < -0.4 is 5.32 Å². The number of carbonyl (C=O) groups excluding carboxylic acids is 1. The molecule has 0 fully saturated rings. The zero-order valence-corrected chi connectivity index (χ0v) is 10.3. The molecule has 3 nitrogen and oxygen atoms in total. The molecule has 1 rings (SSSR count). The molecule has 1 aromatic carbocycles. The molecule has 0 heterocycles. The number of hydrogen-bond donors (Lipinski definition) is 1. The lowest BCUT2D eigenvalue weighted by atomic mass is 10.2. The van der Waals surface area contributed by atoms with Gasteiger partial charge in [-0.05, 0) is 31.5 Å². The molecule has 88 valence electrons. The zero-order chi connectivity index (χ0) is 12.0. The van der Waals surface area contributed by atoms with E-state index >= 15 is 0 Å². The summed E-state index contributed by atoms with van der Waals surface area (Å²) >= 11 is 5.70. The average Bonchev–Trinajstić information content (AvgIpc) is 2.26. The van der Waals surface area contributed by atoms with Gasteiger partial charge in [0, 0.05) is 11.6 Å². The molecule has 0 aromatic heterocycles. The Morgan fingerprint density at radius 1 is 1.50 bits per heavy atom. The van der Waals surface area contributed by atoms with E-state index in [4.69, 9.17) is 16.3 Å². The molecule has 1 aromatic rings. The monoisotopic (exact) mass is 241 g/mol. The number of alkyl halides is 1. The van der Waals surface area contributed by atoms with Crippen molar-refractivity contribution in [3.63, 3.8) is 0 Å². The van der Waals surface area contributed by atoms with Gasteiger partial charge in [-0.25, -0.2) is 0 Å². The molecule has 1 N–H and O–H groups in total. The van der Waals surface area contributed by atoms with Gasteiger partial charge in [0.05, 0.1) is 6.10 Å². The van der Waals surface area contributed by atoms with E-state index in [0.717, 1.165) is 11.3 Å². The SMILES string of the molecule is CC(C)OCC(=O)Nc1cccc(CCl)c1. The molecule has 0 aliphatic rings. The number of benzene rings is 1. The van der Waals surface area contributed by atoms with Gasteiger partial charge in [0.25, 0.3) is 0 Å². The van der Waals surface area contributed by atoms with E-state index < -0.39 is 0 Å². The summed E-state index contributed by atoms with van der Waals surface area (Å²) in [6.07, 6.45) is 0.0555. The van der Waals surface area contributed by atoms with Gasteiger partial charge in [0.15, 0.2) is 0 Å². The Kier molecular flexibility index (Phi) is 5.29. The summed E-state index contributed by atoms with van der Waals surface area (Å²) in [6.45, 7) is 3.85. The highest BCUT2D eigenvalue weighted by Gasteiger charge is 2.04. The Bertz CT molecular complexity index is 353. The Balaban J connectivity index is 2.49. The molecule has 0 saturated carbocycles. The van der Waals surface area contributed by atoms with Crippen molar-refractivity contribution in [1.29, 1.82) is 0 Å². The lowest BCUT2D eigenvalue weighted by Crippen LogP contribution is -2.20. The van der Waals surface area contributed by atoms with Crippen molar-refractivity contribution >= 4 is 23.2 Å². The number of carbonyl (C=O) groups is 1. The van der Waals surface area contributed by atoms with E-state index in [2.05, 4.69) is 5.32 Å².